The molecule has 1 atom stereocenters. The summed E-state index contributed by atoms with van der Waals surface area (Å²) in [5, 5.41) is 3.73. The van der Waals surface area contributed by atoms with Crippen molar-refractivity contribution < 1.29 is 0 Å². The third-order valence-corrected chi connectivity index (χ3v) is 5.49. The fraction of sp³-hybridized carbons (Fsp3) is 1.00. The maximum Gasteiger partial charge on any atom is 0.0186 e. The molecule has 1 aliphatic rings. The molecule has 0 aromatic heterocycles. The third kappa shape index (κ3) is 7.01. The first-order valence-corrected chi connectivity index (χ1v) is 9.50. The summed E-state index contributed by atoms with van der Waals surface area (Å²) in [6.45, 7) is 11.5. The van der Waals surface area contributed by atoms with Crippen LogP contribution in [0.1, 0.15) is 52.9 Å². The second kappa shape index (κ2) is 11.0. The van der Waals surface area contributed by atoms with Crippen molar-refractivity contribution in [1.82, 2.24) is 10.2 Å². The zero-order valence-corrected chi connectivity index (χ0v) is 14.1. The molecule has 19 heavy (non-hydrogen) atoms. The van der Waals surface area contributed by atoms with Crippen molar-refractivity contribution in [3.8, 4) is 0 Å². The summed E-state index contributed by atoms with van der Waals surface area (Å²) < 4.78 is 0. The van der Waals surface area contributed by atoms with Gasteiger partial charge in [0.15, 0.2) is 0 Å². The molecule has 1 rings (SSSR count). The highest BCUT2D eigenvalue weighted by molar-refractivity contribution is 7.99. The number of nitrogens with zero attached hydrogens (tertiary/aromatic N) is 1. The van der Waals surface area contributed by atoms with Gasteiger partial charge >= 0.3 is 0 Å². The lowest BCUT2D eigenvalue weighted by molar-refractivity contribution is 0.287. The van der Waals surface area contributed by atoms with E-state index in [0.29, 0.717) is 0 Å². The summed E-state index contributed by atoms with van der Waals surface area (Å²) in [5.74, 6) is 3.53. The van der Waals surface area contributed by atoms with Crippen LogP contribution in [0.5, 0.6) is 0 Å². The number of hydrogen-bond acceptors (Lipinski definition) is 3. The van der Waals surface area contributed by atoms with Crippen LogP contribution in [0.25, 0.3) is 0 Å². The quantitative estimate of drug-likeness (QED) is 0.618. The average Bonchev–Trinajstić information content (AvgIpc) is 2.47. The Morgan fingerprint density at radius 1 is 1.11 bits per heavy atom. The lowest BCUT2D eigenvalue weighted by atomic mass is 9.84. The van der Waals surface area contributed by atoms with Gasteiger partial charge in [0.1, 0.15) is 0 Å². The van der Waals surface area contributed by atoms with Crippen LogP contribution in [0, 0.1) is 5.92 Å². The molecule has 0 saturated heterocycles. The molecule has 1 fully saturated rings. The van der Waals surface area contributed by atoms with E-state index in [1.54, 1.807) is 0 Å². The van der Waals surface area contributed by atoms with E-state index in [9.17, 15) is 0 Å². The summed E-state index contributed by atoms with van der Waals surface area (Å²) in [6.07, 6.45) is 7.28. The van der Waals surface area contributed by atoms with Crippen molar-refractivity contribution >= 4 is 11.8 Å². The Balaban J connectivity index is 2.21. The Hall–Kier alpha value is 0.270. The molecule has 1 aliphatic carbocycles. The predicted molar refractivity (Wildman–Crippen MR) is 89.2 cm³/mol. The van der Waals surface area contributed by atoms with E-state index in [2.05, 4.69) is 42.7 Å². The van der Waals surface area contributed by atoms with Gasteiger partial charge in [-0.25, -0.2) is 0 Å². The van der Waals surface area contributed by atoms with E-state index in [-0.39, 0.29) is 0 Å². The Morgan fingerprint density at radius 3 is 2.37 bits per heavy atom. The van der Waals surface area contributed by atoms with Crippen LogP contribution >= 0.6 is 11.8 Å². The van der Waals surface area contributed by atoms with Crippen LogP contribution in [0.15, 0.2) is 0 Å². The van der Waals surface area contributed by atoms with Gasteiger partial charge < -0.3 is 10.2 Å². The molecule has 2 nitrogen and oxygen atoms in total. The minimum atomic E-state index is 0.756. The summed E-state index contributed by atoms with van der Waals surface area (Å²) in [5.41, 5.74) is 0. The van der Waals surface area contributed by atoms with Gasteiger partial charge in [-0.2, -0.15) is 11.8 Å². The molecule has 0 heterocycles. The van der Waals surface area contributed by atoms with Gasteiger partial charge in [-0.15, -0.1) is 0 Å². The summed E-state index contributed by atoms with van der Waals surface area (Å²) in [4.78, 5) is 2.52. The topological polar surface area (TPSA) is 15.3 Å². The van der Waals surface area contributed by atoms with Crippen molar-refractivity contribution in [2.24, 2.45) is 5.92 Å². The zero-order valence-electron chi connectivity index (χ0n) is 13.3. The van der Waals surface area contributed by atoms with Gasteiger partial charge in [-0.3, -0.25) is 0 Å². The average molecular weight is 287 g/mol. The Kier molecular flexibility index (Phi) is 10.0. The predicted octanol–water partition coefficient (Wildman–Crippen LogP) is 3.62. The molecule has 3 heteroatoms. The van der Waals surface area contributed by atoms with E-state index in [0.717, 1.165) is 18.5 Å². The smallest absolute Gasteiger partial charge is 0.0186 e. The van der Waals surface area contributed by atoms with E-state index in [4.69, 9.17) is 0 Å². The van der Waals surface area contributed by atoms with Crippen LogP contribution in [-0.4, -0.2) is 48.6 Å². The normalized spacial score (nSPS) is 18.9. The van der Waals surface area contributed by atoms with Gasteiger partial charge in [0.05, 0.1) is 0 Å². The maximum atomic E-state index is 3.73. The molecule has 1 unspecified atom stereocenters. The van der Waals surface area contributed by atoms with E-state index < -0.39 is 0 Å². The minimum Gasteiger partial charge on any atom is -0.313 e. The first-order chi connectivity index (χ1) is 9.31. The Labute approximate surface area is 125 Å². The van der Waals surface area contributed by atoms with Gasteiger partial charge in [0, 0.05) is 24.1 Å². The molecule has 0 aromatic carbocycles. The maximum absolute atomic E-state index is 3.73. The summed E-state index contributed by atoms with van der Waals surface area (Å²) in [6, 6.07) is 0.756. The Morgan fingerprint density at radius 2 is 1.79 bits per heavy atom. The molecular weight excluding hydrogens is 252 g/mol. The minimum absolute atomic E-state index is 0.756. The number of hydrogen-bond donors (Lipinski definition) is 1. The highest BCUT2D eigenvalue weighted by Gasteiger charge is 2.22. The van der Waals surface area contributed by atoms with E-state index in [1.807, 2.05) is 0 Å². The third-order valence-electron chi connectivity index (χ3n) is 4.43. The SMILES string of the molecule is CCNC(CSCCN(CC)CC)C1CCCCC1. The zero-order chi connectivity index (χ0) is 13.9. The highest BCUT2D eigenvalue weighted by Crippen LogP contribution is 2.28. The lowest BCUT2D eigenvalue weighted by Gasteiger charge is -2.31. The van der Waals surface area contributed by atoms with Crippen molar-refractivity contribution in [3.63, 3.8) is 0 Å². The molecule has 0 radical (unpaired) electrons. The van der Waals surface area contributed by atoms with Crippen LogP contribution in [-0.2, 0) is 0 Å². The molecule has 0 aromatic rings. The fourth-order valence-corrected chi connectivity index (χ4v) is 4.30. The largest absolute Gasteiger partial charge is 0.313 e. The van der Waals surface area contributed by atoms with Crippen molar-refractivity contribution in [3.05, 3.63) is 0 Å². The molecule has 1 saturated carbocycles. The molecule has 0 spiro atoms. The first kappa shape index (κ1) is 17.3. The van der Waals surface area contributed by atoms with Gasteiger partial charge in [-0.05, 0) is 38.4 Å². The van der Waals surface area contributed by atoms with Crippen molar-refractivity contribution in [1.29, 1.82) is 0 Å². The Bertz CT molecular complexity index is 201. The molecular formula is C16H34N2S. The number of rotatable bonds is 10. The number of thioether (sulfide) groups is 1. The monoisotopic (exact) mass is 286 g/mol. The molecule has 1 N–H and O–H groups in total. The van der Waals surface area contributed by atoms with Crippen LogP contribution in [0.4, 0.5) is 0 Å². The standard InChI is InChI=1S/C16H34N2S/c1-4-17-16(15-10-8-7-9-11-15)14-19-13-12-18(5-2)6-3/h15-17H,4-14H2,1-3H3. The van der Waals surface area contributed by atoms with Crippen molar-refractivity contribution in [2.45, 2.75) is 58.9 Å². The first-order valence-electron chi connectivity index (χ1n) is 8.35. The second-order valence-corrected chi connectivity index (χ2v) is 6.81. The lowest BCUT2D eigenvalue weighted by Crippen LogP contribution is -2.39. The molecule has 0 amide bonds. The molecule has 0 aliphatic heterocycles. The second-order valence-electron chi connectivity index (χ2n) is 5.66. The van der Waals surface area contributed by atoms with E-state index in [1.165, 1.54) is 63.2 Å². The van der Waals surface area contributed by atoms with Gasteiger partial charge in [0.2, 0.25) is 0 Å². The van der Waals surface area contributed by atoms with Crippen LogP contribution < -0.4 is 5.32 Å². The van der Waals surface area contributed by atoms with Gasteiger partial charge in [-0.1, -0.05) is 40.0 Å². The van der Waals surface area contributed by atoms with E-state index >= 15 is 0 Å². The highest BCUT2D eigenvalue weighted by atomic mass is 32.2. The molecule has 0 bridgehead atoms. The van der Waals surface area contributed by atoms with Crippen LogP contribution in [0.2, 0.25) is 0 Å². The van der Waals surface area contributed by atoms with Crippen LogP contribution in [0.3, 0.4) is 0 Å². The summed E-state index contributed by atoms with van der Waals surface area (Å²) >= 11 is 2.15. The summed E-state index contributed by atoms with van der Waals surface area (Å²) in [7, 11) is 0. The van der Waals surface area contributed by atoms with Gasteiger partial charge in [0.25, 0.3) is 0 Å². The fourth-order valence-electron chi connectivity index (χ4n) is 3.10. The van der Waals surface area contributed by atoms with Crippen molar-refractivity contribution in [2.75, 3.05) is 37.7 Å². The number of nitrogens with one attached hydrogen (secondary N) is 1. The molecule has 114 valence electrons.